The normalized spacial score (nSPS) is 13.8. The van der Waals surface area contributed by atoms with E-state index in [0.29, 0.717) is 25.7 Å². The summed E-state index contributed by atoms with van der Waals surface area (Å²) in [6.07, 6.45) is 68.3. The maximum Gasteiger partial charge on any atom is 0.472 e. The van der Waals surface area contributed by atoms with Gasteiger partial charge in [-0.3, -0.25) is 37.3 Å². The van der Waals surface area contributed by atoms with Crippen LogP contribution in [0.3, 0.4) is 0 Å². The first-order valence-corrected chi connectivity index (χ1v) is 45.3. The quantitative estimate of drug-likeness (QED) is 0.0222. The number of hydrogen-bond donors (Lipinski definition) is 3. The third-order valence-corrected chi connectivity index (χ3v) is 21.0. The predicted molar refractivity (Wildman–Crippen MR) is 409 cm³/mol. The van der Waals surface area contributed by atoms with E-state index in [2.05, 4.69) is 27.7 Å². The Morgan fingerprint density at radius 1 is 0.240 bits per heavy atom. The predicted octanol–water partition coefficient (Wildman–Crippen LogP) is 24.6. The second-order valence-electron chi connectivity index (χ2n) is 29.2. The number of carbonyl (C=O) groups is 4. The Morgan fingerprint density at radius 3 is 0.590 bits per heavy atom. The number of ether oxygens (including phenoxy) is 4. The molecule has 0 bridgehead atoms. The fraction of sp³-hybridized carbons (Fsp3) is 0.951. The number of rotatable bonds is 82. The molecule has 0 spiro atoms. The number of aliphatic hydroxyl groups excluding tert-OH is 1. The van der Waals surface area contributed by atoms with Crippen LogP contribution >= 0.6 is 15.6 Å². The number of carbonyl (C=O) groups excluding carboxylic acids is 4. The summed E-state index contributed by atoms with van der Waals surface area (Å²) < 4.78 is 68.5. The van der Waals surface area contributed by atoms with E-state index >= 15 is 0 Å². The molecule has 0 aromatic heterocycles. The first-order valence-electron chi connectivity index (χ1n) is 42.3. The van der Waals surface area contributed by atoms with Crippen LogP contribution in [-0.4, -0.2) is 96.7 Å². The van der Waals surface area contributed by atoms with Crippen molar-refractivity contribution in [1.82, 2.24) is 0 Å². The van der Waals surface area contributed by atoms with Crippen LogP contribution < -0.4 is 0 Å². The molecule has 3 N–H and O–H groups in total. The van der Waals surface area contributed by atoms with E-state index in [9.17, 15) is 43.2 Å². The van der Waals surface area contributed by atoms with Gasteiger partial charge in [-0.2, -0.15) is 0 Å². The third kappa shape index (κ3) is 74.3. The van der Waals surface area contributed by atoms with Gasteiger partial charge < -0.3 is 33.8 Å². The summed E-state index contributed by atoms with van der Waals surface area (Å²) in [6, 6.07) is 0. The maximum atomic E-state index is 13.1. The van der Waals surface area contributed by atoms with Gasteiger partial charge in [0, 0.05) is 25.7 Å². The molecule has 0 heterocycles. The van der Waals surface area contributed by atoms with Gasteiger partial charge in [-0.15, -0.1) is 0 Å². The lowest BCUT2D eigenvalue weighted by Crippen LogP contribution is -2.30. The van der Waals surface area contributed by atoms with Gasteiger partial charge in [-0.1, -0.05) is 387 Å². The Kier molecular flexibility index (Phi) is 73.8. The van der Waals surface area contributed by atoms with E-state index < -0.39 is 97.5 Å². The molecule has 19 heteroatoms. The van der Waals surface area contributed by atoms with Crippen molar-refractivity contribution in [1.29, 1.82) is 0 Å². The Balaban J connectivity index is 5.14. The minimum atomic E-state index is -4.96. The first kappa shape index (κ1) is 98.1. The molecule has 0 saturated heterocycles. The zero-order valence-corrected chi connectivity index (χ0v) is 67.0. The van der Waals surface area contributed by atoms with Crippen molar-refractivity contribution in [3.05, 3.63) is 0 Å². The zero-order chi connectivity index (χ0) is 73.2. The minimum absolute atomic E-state index is 0.106. The molecule has 5 atom stereocenters. The summed E-state index contributed by atoms with van der Waals surface area (Å²) in [7, 11) is -9.91. The molecule has 2 unspecified atom stereocenters. The van der Waals surface area contributed by atoms with Crippen LogP contribution in [0, 0.1) is 0 Å². The number of aliphatic hydroxyl groups is 1. The van der Waals surface area contributed by atoms with Gasteiger partial charge in [-0.25, -0.2) is 9.13 Å². The van der Waals surface area contributed by atoms with E-state index in [1.54, 1.807) is 0 Å². The molecule has 100 heavy (non-hydrogen) atoms. The van der Waals surface area contributed by atoms with Gasteiger partial charge >= 0.3 is 39.5 Å². The lowest BCUT2D eigenvalue weighted by molar-refractivity contribution is -0.161. The van der Waals surface area contributed by atoms with Crippen molar-refractivity contribution in [2.24, 2.45) is 0 Å². The van der Waals surface area contributed by atoms with Crippen molar-refractivity contribution in [3.8, 4) is 0 Å². The molecular weight excluding hydrogens is 1310 g/mol. The third-order valence-electron chi connectivity index (χ3n) is 19.1. The smallest absolute Gasteiger partial charge is 0.462 e. The molecule has 0 radical (unpaired) electrons. The van der Waals surface area contributed by atoms with Crippen molar-refractivity contribution in [2.75, 3.05) is 39.6 Å². The second-order valence-corrected chi connectivity index (χ2v) is 32.1. The zero-order valence-electron chi connectivity index (χ0n) is 65.2. The molecule has 0 fully saturated rings. The van der Waals surface area contributed by atoms with Crippen molar-refractivity contribution in [2.45, 2.75) is 457 Å². The minimum Gasteiger partial charge on any atom is -0.462 e. The van der Waals surface area contributed by atoms with Crippen LogP contribution in [0.15, 0.2) is 0 Å². The Bertz CT molecular complexity index is 1890. The molecule has 594 valence electrons. The Labute approximate surface area is 613 Å². The standard InChI is InChI=1S/C81H158O17P2/c1-5-9-13-17-21-25-27-29-31-33-35-37-38-40-42-44-46-48-52-56-60-64-68-81(86)98-77(72-92-79(84)66-62-58-54-51-47-45-43-41-39-36-34-32-30-28-26-22-18-14-10-6-2)74-96-100(89,90)94-70-75(82)69-93-99(87,88)95-73-76(97-80(85)67-63-59-55-50-24-20-16-12-8-4)71-91-78(83)65-61-57-53-49-23-19-15-11-7-3/h75-77,82H,5-74H2,1-4H3,(H,87,88)(H,89,90)/t75-,76+,77+/m0/s1. The van der Waals surface area contributed by atoms with Crippen LogP contribution in [0.25, 0.3) is 0 Å². The van der Waals surface area contributed by atoms with Gasteiger partial charge in [-0.05, 0) is 25.7 Å². The fourth-order valence-corrected chi connectivity index (χ4v) is 14.2. The summed E-state index contributed by atoms with van der Waals surface area (Å²) in [5.74, 6) is -2.11. The van der Waals surface area contributed by atoms with Crippen LogP contribution in [0.2, 0.25) is 0 Å². The average molecular weight is 1470 g/mol. The molecule has 17 nitrogen and oxygen atoms in total. The van der Waals surface area contributed by atoms with Crippen LogP contribution in [0.5, 0.6) is 0 Å². The van der Waals surface area contributed by atoms with Gasteiger partial charge in [0.05, 0.1) is 26.4 Å². The van der Waals surface area contributed by atoms with Gasteiger partial charge in [0.15, 0.2) is 12.2 Å². The Morgan fingerprint density at radius 2 is 0.400 bits per heavy atom. The molecule has 0 rings (SSSR count). The van der Waals surface area contributed by atoms with E-state index in [1.807, 2.05) is 0 Å². The number of phosphoric ester groups is 2. The Hall–Kier alpha value is -1.94. The van der Waals surface area contributed by atoms with Crippen LogP contribution in [0.1, 0.15) is 439 Å². The lowest BCUT2D eigenvalue weighted by atomic mass is 10.0. The van der Waals surface area contributed by atoms with Crippen molar-refractivity contribution in [3.63, 3.8) is 0 Å². The fourth-order valence-electron chi connectivity index (χ4n) is 12.6. The molecular formula is C81H158O17P2. The first-order chi connectivity index (χ1) is 48.7. The molecule has 0 aliphatic rings. The number of unbranched alkanes of at least 4 members (excludes halogenated alkanes) is 56. The second kappa shape index (κ2) is 75.3. The molecule has 0 saturated carbocycles. The molecule has 0 amide bonds. The summed E-state index contributed by atoms with van der Waals surface area (Å²) >= 11 is 0. The van der Waals surface area contributed by atoms with Crippen molar-refractivity contribution < 1.29 is 80.2 Å². The highest BCUT2D eigenvalue weighted by Crippen LogP contribution is 2.45. The lowest BCUT2D eigenvalue weighted by Gasteiger charge is -2.21. The molecule has 0 aliphatic heterocycles. The highest BCUT2D eigenvalue weighted by Gasteiger charge is 2.30. The largest absolute Gasteiger partial charge is 0.472 e. The molecule has 0 aromatic rings. The highest BCUT2D eigenvalue weighted by molar-refractivity contribution is 7.47. The van der Waals surface area contributed by atoms with Gasteiger partial charge in [0.1, 0.15) is 19.3 Å². The van der Waals surface area contributed by atoms with Crippen LogP contribution in [0.4, 0.5) is 0 Å². The SMILES string of the molecule is CCCCCCCCCCCCCCCCCCCCCCCCC(=O)O[C@H](COC(=O)CCCCCCCCCCCCCCCCCCCCCC)COP(=O)(O)OC[C@@H](O)COP(=O)(O)OC[C@@H](COC(=O)CCCCCCCCCCC)OC(=O)CCCCCCCCCCC. The summed E-state index contributed by atoms with van der Waals surface area (Å²) in [6.45, 7) is 4.98. The summed E-state index contributed by atoms with van der Waals surface area (Å²) in [5, 5.41) is 10.6. The maximum absolute atomic E-state index is 13.1. The topological polar surface area (TPSA) is 237 Å². The monoisotopic (exact) mass is 1470 g/mol. The van der Waals surface area contributed by atoms with E-state index in [4.69, 9.17) is 37.0 Å². The number of esters is 4. The highest BCUT2D eigenvalue weighted by atomic mass is 31.2. The van der Waals surface area contributed by atoms with Gasteiger partial charge in [0.2, 0.25) is 0 Å². The number of hydrogen-bond acceptors (Lipinski definition) is 15. The van der Waals surface area contributed by atoms with Crippen molar-refractivity contribution >= 4 is 39.5 Å². The van der Waals surface area contributed by atoms with E-state index in [0.717, 1.165) is 89.9 Å². The van der Waals surface area contributed by atoms with Gasteiger partial charge in [0.25, 0.3) is 0 Å². The summed E-state index contributed by atoms with van der Waals surface area (Å²) in [5.41, 5.74) is 0. The van der Waals surface area contributed by atoms with Crippen LogP contribution in [-0.2, 0) is 65.4 Å². The average Bonchev–Trinajstić information content (AvgIpc) is 1.55. The van der Waals surface area contributed by atoms with E-state index in [1.165, 1.54) is 270 Å². The molecule has 0 aliphatic carbocycles. The van der Waals surface area contributed by atoms with E-state index in [-0.39, 0.29) is 25.7 Å². The molecule has 0 aromatic carbocycles. The summed E-state index contributed by atoms with van der Waals surface area (Å²) in [4.78, 5) is 72.8. The number of phosphoric acid groups is 2.